The van der Waals surface area contributed by atoms with Crippen LogP contribution in [0.1, 0.15) is 13.8 Å². The molecule has 2 nitrogen and oxygen atoms in total. The molecule has 0 fully saturated rings. The first-order chi connectivity index (χ1) is 2.73. The molecule has 0 aliphatic heterocycles. The van der Waals surface area contributed by atoms with Crippen LogP contribution < -0.4 is 5.11 Å². The molecule has 39 valence electrons. The zero-order valence-corrected chi connectivity index (χ0v) is 7.70. The molecule has 0 amide bonds. The molecule has 0 aliphatic rings. The smallest absolute Gasteiger partial charge is 0.0383 e. The molecule has 0 saturated carbocycles. The summed E-state index contributed by atoms with van der Waals surface area (Å²) in [5, 5.41) is 8.89. The van der Waals surface area contributed by atoms with Crippen LogP contribution in [0.4, 0.5) is 0 Å². The Labute approximate surface area is 56.7 Å². The number of rotatable bonds is 0. The van der Waals surface area contributed by atoms with E-state index in [-0.39, 0.29) is 19.5 Å². The predicted molar refractivity (Wildman–Crippen MR) is 21.7 cm³/mol. The van der Waals surface area contributed by atoms with Crippen molar-refractivity contribution < 1.29 is 29.4 Å². The minimum Gasteiger partial charge on any atom is -0.550 e. The Morgan fingerprint density at radius 2 is 1.57 bits per heavy atom. The molecule has 0 aromatic rings. The van der Waals surface area contributed by atoms with Gasteiger partial charge in [-0.25, -0.2) is 0 Å². The van der Waals surface area contributed by atoms with Gasteiger partial charge < -0.3 is 9.90 Å². The quantitative estimate of drug-likeness (QED) is 0.444. The fourth-order valence-corrected chi connectivity index (χ4v) is 0. The van der Waals surface area contributed by atoms with Crippen LogP contribution in [0.25, 0.3) is 0 Å². The molecule has 0 unspecified atom stereocenters. The summed E-state index contributed by atoms with van der Waals surface area (Å²) in [5.41, 5.74) is 0. The van der Waals surface area contributed by atoms with Crippen LogP contribution >= 0.6 is 0 Å². The van der Waals surface area contributed by atoms with Gasteiger partial charge in [-0.15, -0.1) is 0 Å². The van der Waals surface area contributed by atoms with Gasteiger partial charge in [0.1, 0.15) is 0 Å². The molecule has 0 aliphatic carbocycles. The second kappa shape index (κ2) is 16.5. The van der Waals surface area contributed by atoms with Crippen molar-refractivity contribution >= 4 is 5.97 Å². The number of carboxylic acid groups (broad SMARTS) is 1. The summed E-state index contributed by atoms with van der Waals surface area (Å²) >= 11 is 0. The average molecular weight is 153 g/mol. The molecule has 0 spiro atoms. The van der Waals surface area contributed by atoms with Crippen LogP contribution in [0.5, 0.6) is 0 Å². The van der Waals surface area contributed by atoms with Crippen LogP contribution in [0.2, 0.25) is 0 Å². The summed E-state index contributed by atoms with van der Waals surface area (Å²) < 4.78 is 0. The summed E-state index contributed by atoms with van der Waals surface area (Å²) in [7, 11) is 0. The van der Waals surface area contributed by atoms with Gasteiger partial charge in [-0.3, -0.25) is 0 Å². The Hall–Kier alpha value is 0.0934. The normalized spacial score (nSPS) is 4.43. The number of aliphatic carboxylic acids is 1. The van der Waals surface area contributed by atoms with Crippen molar-refractivity contribution in [2.45, 2.75) is 13.8 Å². The van der Waals surface area contributed by atoms with Gasteiger partial charge in [0.2, 0.25) is 0 Å². The molecule has 3 heteroatoms. The molecule has 0 rings (SSSR count). The van der Waals surface area contributed by atoms with Crippen molar-refractivity contribution in [2.75, 3.05) is 0 Å². The maximum atomic E-state index is 8.89. The van der Waals surface area contributed by atoms with Gasteiger partial charge in [0.15, 0.2) is 0 Å². The van der Waals surface area contributed by atoms with E-state index in [1.807, 2.05) is 0 Å². The molecule has 0 N–H and O–H groups in total. The van der Waals surface area contributed by atoms with Gasteiger partial charge in [-0.2, -0.15) is 0 Å². The number of carbonyl (C=O) groups is 1. The molecular formula is C4H8O2Zn-. The molecule has 0 bridgehead atoms. The summed E-state index contributed by atoms with van der Waals surface area (Å²) in [6.07, 6.45) is 0. The zero-order valence-electron chi connectivity index (χ0n) is 4.73. The van der Waals surface area contributed by atoms with Gasteiger partial charge in [0, 0.05) is 25.4 Å². The number of hydrogen-bond acceptors (Lipinski definition) is 2. The molecular weight excluding hydrogens is 145 g/mol. The Kier molecular flexibility index (Phi) is 37.1. The molecule has 0 aromatic carbocycles. The van der Waals surface area contributed by atoms with Crippen molar-refractivity contribution in [1.29, 1.82) is 0 Å². The van der Waals surface area contributed by atoms with Crippen molar-refractivity contribution in [1.82, 2.24) is 0 Å². The zero-order chi connectivity index (χ0) is 5.58. The topological polar surface area (TPSA) is 40.1 Å². The Morgan fingerprint density at radius 3 is 1.57 bits per heavy atom. The standard InChI is InChI=1S/C2H4O2.C2H5.Zn/c1-2(3)4;1-2;/h1H3,(H,3,4);1H2,2H3;/p-1. The third-order valence-corrected chi connectivity index (χ3v) is 0. The fourth-order valence-electron chi connectivity index (χ4n) is 0. The van der Waals surface area contributed by atoms with E-state index >= 15 is 0 Å². The molecule has 0 heterocycles. The average Bonchev–Trinajstić information content (AvgIpc) is 1.41. The maximum absolute atomic E-state index is 8.89. The van der Waals surface area contributed by atoms with Crippen molar-refractivity contribution in [3.63, 3.8) is 0 Å². The molecule has 0 aromatic heterocycles. The van der Waals surface area contributed by atoms with Gasteiger partial charge >= 0.3 is 0 Å². The van der Waals surface area contributed by atoms with Gasteiger partial charge in [-0.05, 0) is 6.92 Å². The Balaban J connectivity index is -0.0000000480. The first-order valence-electron chi connectivity index (χ1n) is 1.62. The summed E-state index contributed by atoms with van der Waals surface area (Å²) in [4.78, 5) is 8.89. The van der Waals surface area contributed by atoms with Crippen molar-refractivity contribution in [2.24, 2.45) is 0 Å². The van der Waals surface area contributed by atoms with E-state index < -0.39 is 5.97 Å². The summed E-state index contributed by atoms with van der Waals surface area (Å²) in [6, 6.07) is 0. The number of carboxylic acids is 1. The number of carbonyl (C=O) groups excluding carboxylic acids is 1. The van der Waals surface area contributed by atoms with Gasteiger partial charge in [0.05, 0.1) is 0 Å². The monoisotopic (exact) mass is 152 g/mol. The van der Waals surface area contributed by atoms with E-state index in [2.05, 4.69) is 6.92 Å². The van der Waals surface area contributed by atoms with Crippen LogP contribution in [0, 0.1) is 6.92 Å². The van der Waals surface area contributed by atoms with Gasteiger partial charge in [-0.1, -0.05) is 13.8 Å². The van der Waals surface area contributed by atoms with E-state index in [4.69, 9.17) is 9.90 Å². The molecule has 0 saturated heterocycles. The second-order valence-electron chi connectivity index (χ2n) is 0.492. The third kappa shape index (κ3) is 11700. The van der Waals surface area contributed by atoms with E-state index in [9.17, 15) is 0 Å². The van der Waals surface area contributed by atoms with E-state index in [1.54, 1.807) is 6.92 Å². The Bertz CT molecular complexity index is 32.7. The van der Waals surface area contributed by atoms with Crippen LogP contribution in [0.15, 0.2) is 0 Å². The molecule has 0 atom stereocenters. The minimum absolute atomic E-state index is 0. The largest absolute Gasteiger partial charge is 0.550 e. The second-order valence-corrected chi connectivity index (χ2v) is 0.492. The summed E-state index contributed by atoms with van der Waals surface area (Å²) in [6.45, 7) is 5.97. The van der Waals surface area contributed by atoms with Crippen molar-refractivity contribution in [3.05, 3.63) is 6.92 Å². The van der Waals surface area contributed by atoms with E-state index in [1.165, 1.54) is 0 Å². The first kappa shape index (κ1) is 15.7. The number of hydrogen-bond donors (Lipinski definition) is 0. The SMILES string of the molecule is CC(=O)[O-].[CH2]C.[Zn]. The van der Waals surface area contributed by atoms with E-state index in [0.29, 0.717) is 0 Å². The molecule has 7 heavy (non-hydrogen) atoms. The molecule has 1 radical (unpaired) electrons. The van der Waals surface area contributed by atoms with Crippen LogP contribution in [0.3, 0.4) is 0 Å². The van der Waals surface area contributed by atoms with Crippen molar-refractivity contribution in [3.8, 4) is 0 Å². The fraction of sp³-hybridized carbons (Fsp3) is 0.500. The Morgan fingerprint density at radius 1 is 1.57 bits per heavy atom. The predicted octanol–water partition coefficient (Wildman–Crippen LogP) is -0.406. The van der Waals surface area contributed by atoms with Crippen LogP contribution in [-0.2, 0) is 24.3 Å². The first-order valence-corrected chi connectivity index (χ1v) is 1.62. The van der Waals surface area contributed by atoms with Crippen LogP contribution in [-0.4, -0.2) is 5.97 Å². The van der Waals surface area contributed by atoms with E-state index in [0.717, 1.165) is 6.92 Å². The minimum atomic E-state index is -1.08. The third-order valence-electron chi connectivity index (χ3n) is 0. The maximum Gasteiger partial charge on any atom is 0.0383 e. The summed E-state index contributed by atoms with van der Waals surface area (Å²) in [5.74, 6) is -1.08. The van der Waals surface area contributed by atoms with Gasteiger partial charge in [0.25, 0.3) is 0 Å².